The highest BCUT2D eigenvalue weighted by atomic mass is 16.7. The largest absolute Gasteiger partial charge is 0.497 e. The van der Waals surface area contributed by atoms with Crippen LogP contribution in [0.15, 0.2) is 72.8 Å². The highest BCUT2D eigenvalue weighted by Gasteiger charge is 2.62. The molecule has 32 heavy (non-hydrogen) atoms. The van der Waals surface area contributed by atoms with Gasteiger partial charge in [-0.05, 0) is 59.7 Å². The van der Waals surface area contributed by atoms with E-state index in [0.717, 1.165) is 5.56 Å². The Labute approximate surface area is 186 Å². The Morgan fingerprint density at radius 2 is 1.34 bits per heavy atom. The Balaban J connectivity index is 1.73. The molecular formula is C25H25NO6. The fraction of sp³-hybridized carbons (Fsp3) is 0.240. The van der Waals surface area contributed by atoms with Crippen molar-refractivity contribution in [1.29, 1.82) is 0 Å². The lowest BCUT2D eigenvalue weighted by Gasteiger charge is -2.53. The first-order valence-electron chi connectivity index (χ1n) is 10.1. The first-order chi connectivity index (χ1) is 15.5. The Morgan fingerprint density at radius 3 is 1.88 bits per heavy atom. The van der Waals surface area contributed by atoms with Gasteiger partial charge in [0.1, 0.15) is 23.3 Å². The monoisotopic (exact) mass is 435 g/mol. The second-order valence-corrected chi connectivity index (χ2v) is 7.39. The van der Waals surface area contributed by atoms with Gasteiger partial charge >= 0.3 is 0 Å². The molecule has 7 nitrogen and oxygen atoms in total. The molecule has 3 aromatic carbocycles. The molecule has 4 rings (SSSR count). The summed E-state index contributed by atoms with van der Waals surface area (Å²) in [5.41, 5.74) is 0.205. The summed E-state index contributed by atoms with van der Waals surface area (Å²) in [4.78, 5) is 15.0. The molecule has 0 spiro atoms. The van der Waals surface area contributed by atoms with Crippen LogP contribution in [0, 0.1) is 0 Å². The number of benzene rings is 3. The lowest BCUT2D eigenvalue weighted by Crippen LogP contribution is -2.66. The molecule has 1 heterocycles. The minimum atomic E-state index is -1.73. The van der Waals surface area contributed by atoms with Crippen LogP contribution in [0.5, 0.6) is 17.2 Å². The third kappa shape index (κ3) is 3.66. The van der Waals surface area contributed by atoms with Crippen molar-refractivity contribution < 1.29 is 28.8 Å². The Kier molecular flexibility index (Phi) is 6.03. The number of rotatable bonds is 8. The number of hydrogen-bond donors (Lipinski definition) is 1. The van der Waals surface area contributed by atoms with Crippen LogP contribution < -0.4 is 19.1 Å². The summed E-state index contributed by atoms with van der Waals surface area (Å²) in [6, 6.07) is 20.7. The Hall–Kier alpha value is -3.55. The summed E-state index contributed by atoms with van der Waals surface area (Å²) in [6.45, 7) is 0.113. The summed E-state index contributed by atoms with van der Waals surface area (Å²) < 4.78 is 20.8. The van der Waals surface area contributed by atoms with Gasteiger partial charge in [-0.3, -0.25) is 9.69 Å². The van der Waals surface area contributed by atoms with Gasteiger partial charge in [0.15, 0.2) is 12.4 Å². The van der Waals surface area contributed by atoms with E-state index in [9.17, 15) is 9.90 Å². The number of ether oxygens (including phenoxy) is 4. The van der Waals surface area contributed by atoms with Crippen LogP contribution in [0.3, 0.4) is 0 Å². The van der Waals surface area contributed by atoms with Gasteiger partial charge in [0.25, 0.3) is 5.91 Å². The molecule has 166 valence electrons. The molecule has 1 amide bonds. The molecule has 0 aliphatic carbocycles. The molecule has 2 atom stereocenters. The highest BCUT2D eigenvalue weighted by Crippen LogP contribution is 2.52. The second kappa shape index (κ2) is 8.90. The fourth-order valence-electron chi connectivity index (χ4n) is 3.94. The summed E-state index contributed by atoms with van der Waals surface area (Å²) >= 11 is 0. The van der Waals surface area contributed by atoms with E-state index in [-0.39, 0.29) is 6.79 Å². The van der Waals surface area contributed by atoms with Crippen LogP contribution in [0.1, 0.15) is 17.2 Å². The van der Waals surface area contributed by atoms with Crippen molar-refractivity contribution in [3.63, 3.8) is 0 Å². The lowest BCUT2D eigenvalue weighted by molar-refractivity contribution is -0.155. The smallest absolute Gasteiger partial charge is 0.266 e. The van der Waals surface area contributed by atoms with E-state index in [1.807, 2.05) is 24.3 Å². The molecule has 0 bridgehead atoms. The number of hydrogen-bond acceptors (Lipinski definition) is 6. The van der Waals surface area contributed by atoms with E-state index < -0.39 is 17.6 Å². The van der Waals surface area contributed by atoms with Gasteiger partial charge in [0, 0.05) is 12.8 Å². The molecule has 0 saturated carbocycles. The Morgan fingerprint density at radius 1 is 0.812 bits per heavy atom. The molecular weight excluding hydrogens is 410 g/mol. The van der Waals surface area contributed by atoms with Gasteiger partial charge in [-0.1, -0.05) is 24.3 Å². The molecule has 1 aliphatic rings. The number of aliphatic hydroxyl groups is 1. The van der Waals surface area contributed by atoms with Gasteiger partial charge in [-0.25, -0.2) is 0 Å². The van der Waals surface area contributed by atoms with Crippen molar-refractivity contribution in [1.82, 2.24) is 0 Å². The maximum atomic E-state index is 13.4. The minimum Gasteiger partial charge on any atom is -0.497 e. The zero-order valence-electron chi connectivity index (χ0n) is 18.1. The number of nitrogens with zero attached hydrogens (tertiary/aromatic N) is 1. The molecule has 2 unspecified atom stereocenters. The number of β-lactam (4-membered cyclic amide) rings is 1. The zero-order valence-corrected chi connectivity index (χ0v) is 18.1. The third-order valence-electron chi connectivity index (χ3n) is 5.62. The molecule has 0 aromatic heterocycles. The quantitative estimate of drug-likeness (QED) is 0.430. The standard InChI is InChI=1S/C25H25NO6/c1-29-16-32-22-12-6-18(7-13-22)25(28)23(17-4-10-20(30-2)11-5-17)26(24(25)27)19-8-14-21(31-3)15-9-19/h4-15,23,28H,16H2,1-3H3. The van der Waals surface area contributed by atoms with Crippen LogP contribution in [0.25, 0.3) is 0 Å². The molecule has 1 fully saturated rings. The first kappa shape index (κ1) is 21.7. The van der Waals surface area contributed by atoms with Crippen molar-refractivity contribution in [2.45, 2.75) is 11.6 Å². The maximum Gasteiger partial charge on any atom is 0.266 e. The van der Waals surface area contributed by atoms with Crippen LogP contribution in [0.4, 0.5) is 5.69 Å². The van der Waals surface area contributed by atoms with E-state index in [4.69, 9.17) is 18.9 Å². The minimum absolute atomic E-state index is 0.113. The SMILES string of the molecule is COCOc1ccc(C2(O)C(=O)N(c3ccc(OC)cc3)C2c2ccc(OC)cc2)cc1. The topological polar surface area (TPSA) is 77.5 Å². The predicted molar refractivity (Wildman–Crippen MR) is 119 cm³/mol. The van der Waals surface area contributed by atoms with Crippen LogP contribution in [0.2, 0.25) is 0 Å². The summed E-state index contributed by atoms with van der Waals surface area (Å²) in [5.74, 6) is 1.55. The zero-order chi connectivity index (χ0) is 22.7. The van der Waals surface area contributed by atoms with Crippen LogP contribution >= 0.6 is 0 Å². The molecule has 3 aromatic rings. The number of carbonyl (C=O) groups is 1. The normalized spacial score (nSPS) is 19.9. The first-order valence-corrected chi connectivity index (χ1v) is 10.1. The van der Waals surface area contributed by atoms with Crippen LogP contribution in [-0.2, 0) is 15.1 Å². The average molecular weight is 435 g/mol. The maximum absolute atomic E-state index is 13.4. The highest BCUT2D eigenvalue weighted by molar-refractivity contribution is 6.08. The average Bonchev–Trinajstić information content (AvgIpc) is 2.85. The number of methoxy groups -OCH3 is 3. The second-order valence-electron chi connectivity index (χ2n) is 7.39. The van der Waals surface area contributed by atoms with Crippen LogP contribution in [-0.4, -0.2) is 39.1 Å². The van der Waals surface area contributed by atoms with E-state index in [0.29, 0.717) is 28.5 Å². The van der Waals surface area contributed by atoms with Crippen molar-refractivity contribution in [3.8, 4) is 17.2 Å². The van der Waals surface area contributed by atoms with E-state index in [2.05, 4.69) is 0 Å². The molecule has 1 N–H and O–H groups in total. The van der Waals surface area contributed by atoms with E-state index in [1.165, 1.54) is 7.11 Å². The lowest BCUT2D eigenvalue weighted by atomic mass is 9.73. The van der Waals surface area contributed by atoms with E-state index in [1.54, 1.807) is 67.7 Å². The molecule has 0 radical (unpaired) electrons. The predicted octanol–water partition coefficient (Wildman–Crippen LogP) is 3.66. The van der Waals surface area contributed by atoms with E-state index >= 15 is 0 Å². The van der Waals surface area contributed by atoms with Gasteiger partial charge in [-0.15, -0.1) is 0 Å². The summed E-state index contributed by atoms with van der Waals surface area (Å²) in [7, 11) is 4.72. The van der Waals surface area contributed by atoms with Gasteiger partial charge < -0.3 is 24.1 Å². The van der Waals surface area contributed by atoms with Crippen molar-refractivity contribution in [2.75, 3.05) is 33.0 Å². The number of anilines is 1. The van der Waals surface area contributed by atoms with Gasteiger partial charge in [-0.2, -0.15) is 0 Å². The van der Waals surface area contributed by atoms with Gasteiger partial charge in [0.05, 0.1) is 14.2 Å². The van der Waals surface area contributed by atoms with Crippen molar-refractivity contribution in [3.05, 3.63) is 83.9 Å². The fourth-order valence-corrected chi connectivity index (χ4v) is 3.94. The molecule has 1 saturated heterocycles. The third-order valence-corrected chi connectivity index (χ3v) is 5.62. The summed E-state index contributed by atoms with van der Waals surface area (Å²) in [5, 5.41) is 11.7. The Bertz CT molecular complexity index is 1070. The molecule has 7 heteroatoms. The molecule has 1 aliphatic heterocycles. The van der Waals surface area contributed by atoms with Gasteiger partial charge in [0.2, 0.25) is 0 Å². The number of amides is 1. The van der Waals surface area contributed by atoms with Crippen molar-refractivity contribution >= 4 is 11.6 Å². The van der Waals surface area contributed by atoms with Crippen molar-refractivity contribution in [2.24, 2.45) is 0 Å². The summed E-state index contributed by atoms with van der Waals surface area (Å²) in [6.07, 6.45) is 0. The number of carbonyl (C=O) groups excluding carboxylic acids is 1.